The molecule has 2 aromatic rings. The maximum atomic E-state index is 6.80. The van der Waals surface area contributed by atoms with Crippen molar-refractivity contribution >= 4 is 18.7 Å². The Balaban J connectivity index is 2.61. The van der Waals surface area contributed by atoms with Crippen LogP contribution in [-0.4, -0.2) is 34.9 Å². The number of rotatable bonds is 7. The Morgan fingerprint density at radius 1 is 0.720 bits per heavy atom. The zero-order valence-electron chi connectivity index (χ0n) is 16.2. The van der Waals surface area contributed by atoms with Crippen LogP contribution in [0.15, 0.2) is 60.7 Å². The summed E-state index contributed by atoms with van der Waals surface area (Å²) in [6.07, 6.45) is 0. The van der Waals surface area contributed by atoms with Gasteiger partial charge in [0.1, 0.15) is 0 Å². The van der Waals surface area contributed by atoms with Crippen LogP contribution >= 0.6 is 0 Å². The summed E-state index contributed by atoms with van der Waals surface area (Å²) >= 11 is 0. The van der Waals surface area contributed by atoms with Gasteiger partial charge >= 0.3 is 0 Å². The van der Waals surface area contributed by atoms with Crippen LogP contribution in [-0.2, 0) is 13.9 Å². The summed E-state index contributed by atoms with van der Waals surface area (Å²) < 4.78 is 17.9. The van der Waals surface area contributed by atoms with Gasteiger partial charge in [0.2, 0.25) is 0 Å². The van der Waals surface area contributed by atoms with Gasteiger partial charge in [0.15, 0.2) is 5.79 Å². The molecule has 4 heteroatoms. The molecule has 0 amide bonds. The smallest absolute Gasteiger partial charge is 0.261 e. The summed E-state index contributed by atoms with van der Waals surface area (Å²) in [6, 6.07) is 21.2. The molecule has 0 aliphatic carbocycles. The molecule has 0 unspecified atom stereocenters. The van der Waals surface area contributed by atoms with Crippen LogP contribution in [0.4, 0.5) is 0 Å². The fraction of sp³-hybridized carbons (Fsp3) is 0.429. The third kappa shape index (κ3) is 4.03. The van der Waals surface area contributed by atoms with Crippen molar-refractivity contribution in [2.75, 3.05) is 20.8 Å². The van der Waals surface area contributed by atoms with Crippen LogP contribution in [0.25, 0.3) is 0 Å². The molecule has 0 bridgehead atoms. The zero-order chi connectivity index (χ0) is 18.6. The van der Waals surface area contributed by atoms with Crippen LogP contribution in [0.3, 0.4) is 0 Å². The topological polar surface area (TPSA) is 27.7 Å². The highest BCUT2D eigenvalue weighted by atomic mass is 28.4. The molecule has 2 rings (SSSR count). The fourth-order valence-corrected chi connectivity index (χ4v) is 7.84. The van der Waals surface area contributed by atoms with Crippen LogP contribution in [0.1, 0.15) is 27.7 Å². The van der Waals surface area contributed by atoms with Crippen LogP contribution in [0.5, 0.6) is 0 Å². The standard InChI is InChI=1S/C21H30O3Si/c1-20(2,3)25(18-13-9-7-10-14-18,19-15-11-8-12-16-19)24-17-21(4,22-5)23-6/h7-16H,17H2,1-6H3. The lowest BCUT2D eigenvalue weighted by Crippen LogP contribution is -2.67. The van der Waals surface area contributed by atoms with Gasteiger partial charge in [0.25, 0.3) is 8.32 Å². The van der Waals surface area contributed by atoms with Gasteiger partial charge in [-0.1, -0.05) is 81.4 Å². The molecule has 0 N–H and O–H groups in total. The number of methoxy groups -OCH3 is 2. The molecule has 0 fully saturated rings. The Bertz CT molecular complexity index is 606. The average molecular weight is 359 g/mol. The Kier molecular flexibility index (Phi) is 6.22. The van der Waals surface area contributed by atoms with E-state index in [4.69, 9.17) is 13.9 Å². The normalized spacial score (nSPS) is 13.0. The first-order chi connectivity index (χ1) is 11.8. The highest BCUT2D eigenvalue weighted by molar-refractivity contribution is 6.99. The molecule has 2 aromatic carbocycles. The third-order valence-electron chi connectivity index (χ3n) is 4.83. The summed E-state index contributed by atoms with van der Waals surface area (Å²) in [4.78, 5) is 0. The maximum Gasteiger partial charge on any atom is 0.261 e. The van der Waals surface area contributed by atoms with E-state index in [1.165, 1.54) is 10.4 Å². The van der Waals surface area contributed by atoms with E-state index < -0.39 is 14.1 Å². The second kappa shape index (κ2) is 7.83. The second-order valence-electron chi connectivity index (χ2n) is 7.49. The number of hydrogen-bond acceptors (Lipinski definition) is 3. The summed E-state index contributed by atoms with van der Waals surface area (Å²) in [5.74, 6) is -0.771. The van der Waals surface area contributed by atoms with E-state index in [9.17, 15) is 0 Å². The molecule has 0 saturated heterocycles. The van der Waals surface area contributed by atoms with Gasteiger partial charge in [0.05, 0.1) is 6.61 Å². The van der Waals surface area contributed by atoms with E-state index in [0.717, 1.165) is 0 Å². The predicted molar refractivity (Wildman–Crippen MR) is 106 cm³/mol. The fourth-order valence-electron chi connectivity index (χ4n) is 3.20. The van der Waals surface area contributed by atoms with Crippen molar-refractivity contribution in [1.29, 1.82) is 0 Å². The highest BCUT2D eigenvalue weighted by Crippen LogP contribution is 2.37. The highest BCUT2D eigenvalue weighted by Gasteiger charge is 2.51. The van der Waals surface area contributed by atoms with E-state index in [2.05, 4.69) is 69.3 Å². The lowest BCUT2D eigenvalue weighted by molar-refractivity contribution is -0.210. The average Bonchev–Trinajstić information content (AvgIpc) is 2.62. The predicted octanol–water partition coefficient (Wildman–Crippen LogP) is 3.57. The molecule has 0 atom stereocenters. The van der Waals surface area contributed by atoms with Crippen molar-refractivity contribution in [2.24, 2.45) is 0 Å². The van der Waals surface area contributed by atoms with Crippen molar-refractivity contribution in [3.05, 3.63) is 60.7 Å². The van der Waals surface area contributed by atoms with E-state index in [0.29, 0.717) is 6.61 Å². The first-order valence-electron chi connectivity index (χ1n) is 8.64. The van der Waals surface area contributed by atoms with Gasteiger partial charge in [-0.25, -0.2) is 0 Å². The van der Waals surface area contributed by atoms with E-state index in [1.54, 1.807) is 14.2 Å². The van der Waals surface area contributed by atoms with Gasteiger partial charge in [-0.3, -0.25) is 0 Å². The number of benzene rings is 2. The SMILES string of the molecule is COC(C)(CO[Si](c1ccccc1)(c1ccccc1)C(C)(C)C)OC. The van der Waals surface area contributed by atoms with Crippen molar-refractivity contribution in [3.8, 4) is 0 Å². The van der Waals surface area contributed by atoms with Crippen molar-refractivity contribution in [1.82, 2.24) is 0 Å². The molecule has 25 heavy (non-hydrogen) atoms. The largest absolute Gasteiger partial charge is 0.402 e. The molecular formula is C21H30O3Si. The third-order valence-corrected chi connectivity index (χ3v) is 9.81. The summed E-state index contributed by atoms with van der Waals surface area (Å²) in [6.45, 7) is 9.06. The van der Waals surface area contributed by atoms with Crippen molar-refractivity contribution in [2.45, 2.75) is 38.5 Å². The molecule has 3 nitrogen and oxygen atoms in total. The van der Waals surface area contributed by atoms with Gasteiger partial charge in [-0.05, 0) is 22.3 Å². The van der Waals surface area contributed by atoms with Gasteiger partial charge in [0, 0.05) is 14.2 Å². The van der Waals surface area contributed by atoms with Gasteiger partial charge in [-0.2, -0.15) is 0 Å². The molecular weight excluding hydrogens is 328 g/mol. The summed E-state index contributed by atoms with van der Waals surface area (Å²) in [5.41, 5.74) is 0. The molecule has 0 radical (unpaired) electrons. The van der Waals surface area contributed by atoms with Crippen molar-refractivity contribution in [3.63, 3.8) is 0 Å². The molecule has 0 heterocycles. The monoisotopic (exact) mass is 358 g/mol. The minimum atomic E-state index is -2.55. The van der Waals surface area contributed by atoms with Crippen LogP contribution < -0.4 is 10.4 Å². The molecule has 0 aromatic heterocycles. The first kappa shape index (κ1) is 19.9. The zero-order valence-corrected chi connectivity index (χ0v) is 17.2. The second-order valence-corrected chi connectivity index (χ2v) is 11.8. The summed E-state index contributed by atoms with van der Waals surface area (Å²) in [5, 5.41) is 2.45. The molecule has 0 spiro atoms. The lowest BCUT2D eigenvalue weighted by Gasteiger charge is -2.44. The quantitative estimate of drug-likeness (QED) is 0.559. The molecule has 136 valence electrons. The maximum absolute atomic E-state index is 6.80. The van der Waals surface area contributed by atoms with E-state index in [-0.39, 0.29) is 5.04 Å². The molecule has 0 aliphatic heterocycles. The Morgan fingerprint density at radius 3 is 1.44 bits per heavy atom. The van der Waals surface area contributed by atoms with E-state index >= 15 is 0 Å². The minimum Gasteiger partial charge on any atom is -0.402 e. The molecule has 0 aliphatic rings. The Hall–Kier alpha value is -1.46. The van der Waals surface area contributed by atoms with Crippen LogP contribution in [0.2, 0.25) is 5.04 Å². The summed E-state index contributed by atoms with van der Waals surface area (Å²) in [7, 11) is 0.750. The number of ether oxygens (including phenoxy) is 2. The van der Waals surface area contributed by atoms with E-state index in [1.807, 2.05) is 19.1 Å². The first-order valence-corrected chi connectivity index (χ1v) is 10.6. The Morgan fingerprint density at radius 2 is 1.12 bits per heavy atom. The van der Waals surface area contributed by atoms with Gasteiger partial charge in [-0.15, -0.1) is 0 Å². The lowest BCUT2D eigenvalue weighted by atomic mass is 10.2. The minimum absolute atomic E-state index is 0.0574. The van der Waals surface area contributed by atoms with Gasteiger partial charge < -0.3 is 13.9 Å². The molecule has 0 saturated carbocycles. The number of hydrogen-bond donors (Lipinski definition) is 0. The van der Waals surface area contributed by atoms with Crippen molar-refractivity contribution < 1.29 is 13.9 Å². The Labute approximate surface area is 153 Å². The van der Waals surface area contributed by atoms with Crippen LogP contribution in [0, 0.1) is 0 Å².